The van der Waals surface area contributed by atoms with Gasteiger partial charge in [-0.05, 0) is 49.9 Å². The summed E-state index contributed by atoms with van der Waals surface area (Å²) < 4.78 is 54.9. The molecule has 0 spiro atoms. The summed E-state index contributed by atoms with van der Waals surface area (Å²) >= 11 is 0. The molecule has 1 aromatic carbocycles. The van der Waals surface area contributed by atoms with E-state index in [-0.39, 0.29) is 36.9 Å². The first-order valence-corrected chi connectivity index (χ1v) is 12.9. The molecule has 1 heterocycles. The molecule has 11 heteroatoms. The molecule has 0 radical (unpaired) electrons. The number of nitrogens with one attached hydrogen (secondary N) is 1. The van der Waals surface area contributed by atoms with Gasteiger partial charge < -0.3 is 29.0 Å². The molecule has 10 nitrogen and oxygen atoms in total. The smallest absolute Gasteiger partial charge is 0.407 e. The molecule has 194 valence electrons. The molecule has 1 saturated heterocycles. The van der Waals surface area contributed by atoms with Gasteiger partial charge in [-0.2, -0.15) is 4.31 Å². The SMILES string of the molecule is COc1ccc(S(=O)(=O)N(CC(C)C)CC(OC)C(C)NC(=O)OC2CCCOCOC2)cc1. The van der Waals surface area contributed by atoms with Crippen LogP contribution in [-0.2, 0) is 29.0 Å². The van der Waals surface area contributed by atoms with Crippen LogP contribution in [0.25, 0.3) is 0 Å². The fourth-order valence-electron chi connectivity index (χ4n) is 3.56. The molecule has 0 bridgehead atoms. The summed E-state index contributed by atoms with van der Waals surface area (Å²) in [5, 5.41) is 2.77. The van der Waals surface area contributed by atoms with Gasteiger partial charge in [-0.25, -0.2) is 13.2 Å². The number of rotatable bonds is 11. The van der Waals surface area contributed by atoms with Crippen LogP contribution in [0.3, 0.4) is 0 Å². The van der Waals surface area contributed by atoms with Crippen LogP contribution in [0.15, 0.2) is 29.2 Å². The van der Waals surface area contributed by atoms with Crippen LogP contribution >= 0.6 is 0 Å². The Morgan fingerprint density at radius 1 is 1.15 bits per heavy atom. The molecule has 1 amide bonds. The van der Waals surface area contributed by atoms with Crippen molar-refractivity contribution in [3.05, 3.63) is 24.3 Å². The van der Waals surface area contributed by atoms with Crippen molar-refractivity contribution < 1.29 is 36.9 Å². The molecular formula is C23H38N2O8S. The number of nitrogens with zero attached hydrogens (tertiary/aromatic N) is 1. The van der Waals surface area contributed by atoms with E-state index in [1.165, 1.54) is 30.7 Å². The average Bonchev–Trinajstić information content (AvgIpc) is 2.77. The maximum Gasteiger partial charge on any atom is 0.407 e. The first-order chi connectivity index (χ1) is 16.2. The van der Waals surface area contributed by atoms with Crippen molar-refractivity contribution in [3.63, 3.8) is 0 Å². The molecule has 1 fully saturated rings. The van der Waals surface area contributed by atoms with Crippen LogP contribution in [0.4, 0.5) is 4.79 Å². The zero-order valence-corrected chi connectivity index (χ0v) is 21.5. The van der Waals surface area contributed by atoms with E-state index in [2.05, 4.69) is 5.32 Å². The Hall–Kier alpha value is -1.92. The monoisotopic (exact) mass is 502 g/mol. The summed E-state index contributed by atoms with van der Waals surface area (Å²) in [5.41, 5.74) is 0. The van der Waals surface area contributed by atoms with Gasteiger partial charge in [0.1, 0.15) is 18.6 Å². The predicted molar refractivity (Wildman–Crippen MR) is 126 cm³/mol. The number of hydrogen-bond acceptors (Lipinski definition) is 8. The molecule has 3 unspecified atom stereocenters. The van der Waals surface area contributed by atoms with E-state index in [0.29, 0.717) is 25.3 Å². The molecular weight excluding hydrogens is 464 g/mol. The van der Waals surface area contributed by atoms with Gasteiger partial charge in [-0.3, -0.25) is 0 Å². The Morgan fingerprint density at radius 3 is 2.47 bits per heavy atom. The summed E-state index contributed by atoms with van der Waals surface area (Å²) in [6.45, 7) is 7.00. The summed E-state index contributed by atoms with van der Waals surface area (Å²) in [6, 6.07) is 5.75. The number of carbonyl (C=O) groups is 1. The van der Waals surface area contributed by atoms with Crippen molar-refractivity contribution in [1.29, 1.82) is 0 Å². The van der Waals surface area contributed by atoms with Gasteiger partial charge in [0.05, 0.1) is 30.8 Å². The van der Waals surface area contributed by atoms with Gasteiger partial charge in [0, 0.05) is 26.8 Å². The Morgan fingerprint density at radius 2 is 1.85 bits per heavy atom. The van der Waals surface area contributed by atoms with Crippen LogP contribution in [-0.4, -0.2) is 84.4 Å². The molecule has 3 atom stereocenters. The van der Waals surface area contributed by atoms with Crippen LogP contribution in [0.2, 0.25) is 0 Å². The van der Waals surface area contributed by atoms with Crippen molar-refractivity contribution >= 4 is 16.1 Å². The van der Waals surface area contributed by atoms with Crippen molar-refractivity contribution in [2.24, 2.45) is 5.92 Å². The molecule has 1 aliphatic heterocycles. The molecule has 0 aliphatic carbocycles. The van der Waals surface area contributed by atoms with Crippen LogP contribution in [0.1, 0.15) is 33.6 Å². The van der Waals surface area contributed by atoms with Crippen molar-refractivity contribution in [2.45, 2.75) is 56.8 Å². The van der Waals surface area contributed by atoms with Gasteiger partial charge in [0.15, 0.2) is 0 Å². The number of amides is 1. The molecule has 1 aromatic rings. The highest BCUT2D eigenvalue weighted by Crippen LogP contribution is 2.21. The van der Waals surface area contributed by atoms with Crippen molar-refractivity contribution in [3.8, 4) is 5.75 Å². The molecule has 0 aromatic heterocycles. The predicted octanol–water partition coefficient (Wildman–Crippen LogP) is 2.62. The summed E-state index contributed by atoms with van der Waals surface area (Å²) in [5.74, 6) is 0.657. The average molecular weight is 503 g/mol. The van der Waals surface area contributed by atoms with E-state index in [1.54, 1.807) is 19.1 Å². The zero-order chi connectivity index (χ0) is 25.1. The Labute approximate surface area is 202 Å². The minimum atomic E-state index is -3.79. The summed E-state index contributed by atoms with van der Waals surface area (Å²) in [4.78, 5) is 12.6. The Bertz CT molecular complexity index is 839. The summed E-state index contributed by atoms with van der Waals surface area (Å²) in [7, 11) is -0.779. The van der Waals surface area contributed by atoms with E-state index in [0.717, 1.165) is 6.42 Å². The third-order valence-corrected chi connectivity index (χ3v) is 7.26. The van der Waals surface area contributed by atoms with E-state index in [1.807, 2.05) is 13.8 Å². The van der Waals surface area contributed by atoms with E-state index >= 15 is 0 Å². The van der Waals surface area contributed by atoms with Crippen molar-refractivity contribution in [2.75, 3.05) is 47.3 Å². The number of carbonyl (C=O) groups excluding carboxylic acids is 1. The standard InChI is InChI=1S/C23H38N2O8S/c1-17(2)13-25(34(27,28)21-10-8-19(29-4)9-11-21)14-22(30-5)18(3)24-23(26)33-20-7-6-12-31-16-32-15-20/h8-11,17-18,20,22H,6-7,12-16H2,1-5H3,(H,24,26). The second-order valence-corrected chi connectivity index (χ2v) is 10.6. The molecule has 0 saturated carbocycles. The lowest BCUT2D eigenvalue weighted by atomic mass is 10.1. The van der Waals surface area contributed by atoms with Crippen molar-refractivity contribution in [1.82, 2.24) is 9.62 Å². The summed E-state index contributed by atoms with van der Waals surface area (Å²) in [6.07, 6.45) is -0.160. The van der Waals surface area contributed by atoms with E-state index in [9.17, 15) is 13.2 Å². The number of hydrogen-bond donors (Lipinski definition) is 1. The second kappa shape index (κ2) is 13.8. The number of sulfonamides is 1. The highest BCUT2D eigenvalue weighted by molar-refractivity contribution is 7.89. The topological polar surface area (TPSA) is 113 Å². The van der Waals surface area contributed by atoms with Crippen LogP contribution < -0.4 is 10.1 Å². The molecule has 1 N–H and O–H groups in total. The van der Waals surface area contributed by atoms with E-state index in [4.69, 9.17) is 23.7 Å². The Kier molecular flexibility index (Phi) is 11.5. The minimum absolute atomic E-state index is 0.0639. The first kappa shape index (κ1) is 28.3. The third-order valence-electron chi connectivity index (χ3n) is 5.41. The highest BCUT2D eigenvalue weighted by Gasteiger charge is 2.31. The van der Waals surface area contributed by atoms with Gasteiger partial charge in [0.2, 0.25) is 10.0 Å². The quantitative estimate of drug-likeness (QED) is 0.491. The lowest BCUT2D eigenvalue weighted by Gasteiger charge is -2.31. The fraction of sp³-hybridized carbons (Fsp3) is 0.696. The van der Waals surface area contributed by atoms with Crippen LogP contribution in [0.5, 0.6) is 5.75 Å². The van der Waals surface area contributed by atoms with E-state index < -0.39 is 28.3 Å². The first-order valence-electron chi connectivity index (χ1n) is 11.5. The lowest BCUT2D eigenvalue weighted by molar-refractivity contribution is -0.0990. The third kappa shape index (κ3) is 8.70. The zero-order valence-electron chi connectivity index (χ0n) is 20.7. The molecule has 1 aliphatic rings. The highest BCUT2D eigenvalue weighted by atomic mass is 32.2. The van der Waals surface area contributed by atoms with Gasteiger partial charge >= 0.3 is 6.09 Å². The maximum atomic E-state index is 13.4. The lowest BCUT2D eigenvalue weighted by Crippen LogP contribution is -2.50. The van der Waals surface area contributed by atoms with Gasteiger partial charge in [0.25, 0.3) is 0 Å². The van der Waals surface area contributed by atoms with Crippen LogP contribution in [0, 0.1) is 5.92 Å². The van der Waals surface area contributed by atoms with Gasteiger partial charge in [-0.15, -0.1) is 0 Å². The number of ether oxygens (including phenoxy) is 5. The number of alkyl carbamates (subject to hydrolysis) is 1. The maximum absolute atomic E-state index is 13.4. The second-order valence-electron chi connectivity index (χ2n) is 8.66. The number of methoxy groups -OCH3 is 2. The molecule has 2 rings (SSSR count). The largest absolute Gasteiger partial charge is 0.497 e. The normalized spacial score (nSPS) is 19.2. The minimum Gasteiger partial charge on any atom is -0.497 e. The fourth-order valence-corrected chi connectivity index (χ4v) is 5.18. The van der Waals surface area contributed by atoms with Gasteiger partial charge in [-0.1, -0.05) is 13.8 Å². The Balaban J connectivity index is 2.06. The number of benzene rings is 1. The molecule has 34 heavy (non-hydrogen) atoms.